The van der Waals surface area contributed by atoms with Crippen LogP contribution in [0.5, 0.6) is 0 Å². The van der Waals surface area contributed by atoms with Crippen molar-refractivity contribution in [1.82, 2.24) is 4.90 Å². The van der Waals surface area contributed by atoms with Gasteiger partial charge in [0.15, 0.2) is 0 Å². The van der Waals surface area contributed by atoms with Crippen LogP contribution in [0.3, 0.4) is 0 Å². The van der Waals surface area contributed by atoms with Gasteiger partial charge in [-0.15, -0.1) is 0 Å². The van der Waals surface area contributed by atoms with Crippen molar-refractivity contribution in [1.29, 1.82) is 0 Å². The van der Waals surface area contributed by atoms with Gasteiger partial charge in [0.1, 0.15) is 0 Å². The van der Waals surface area contributed by atoms with Gasteiger partial charge in [-0.2, -0.15) is 0 Å². The van der Waals surface area contributed by atoms with Gasteiger partial charge in [0.05, 0.1) is 12.1 Å². The minimum Gasteiger partial charge on any atom is -0.388 e. The van der Waals surface area contributed by atoms with Crippen LogP contribution in [0.15, 0.2) is 11.1 Å². The standard InChI is InChI=1S/C14H21NO3/c1-9-5-4-6-14(18,7-9)8-15-12(16)10(2)11(3)13(15)17/h9,18H,4-8H2,1-3H3. The summed E-state index contributed by atoms with van der Waals surface area (Å²) in [5.41, 5.74) is 0.119. The van der Waals surface area contributed by atoms with Crippen LogP contribution in [0.25, 0.3) is 0 Å². The number of hydrogen-bond donors (Lipinski definition) is 1. The predicted octanol–water partition coefficient (Wildman–Crippen LogP) is 1.63. The Labute approximate surface area is 108 Å². The summed E-state index contributed by atoms with van der Waals surface area (Å²) in [5, 5.41) is 10.5. The summed E-state index contributed by atoms with van der Waals surface area (Å²) < 4.78 is 0. The first kappa shape index (κ1) is 13.3. The number of imide groups is 1. The average Bonchev–Trinajstić information content (AvgIpc) is 2.46. The van der Waals surface area contributed by atoms with Crippen molar-refractivity contribution >= 4 is 11.8 Å². The number of hydrogen-bond acceptors (Lipinski definition) is 3. The number of carbonyl (C=O) groups excluding carboxylic acids is 2. The molecule has 4 nitrogen and oxygen atoms in total. The molecule has 100 valence electrons. The Morgan fingerprint density at radius 3 is 2.33 bits per heavy atom. The van der Waals surface area contributed by atoms with Crippen LogP contribution in [0.1, 0.15) is 46.5 Å². The highest BCUT2D eigenvalue weighted by Crippen LogP contribution is 2.34. The van der Waals surface area contributed by atoms with E-state index in [0.29, 0.717) is 29.9 Å². The first-order chi connectivity index (χ1) is 8.34. The van der Waals surface area contributed by atoms with E-state index in [1.165, 1.54) is 4.90 Å². The topological polar surface area (TPSA) is 57.6 Å². The Bertz CT molecular complexity index is 403. The van der Waals surface area contributed by atoms with Crippen LogP contribution in [0.4, 0.5) is 0 Å². The van der Waals surface area contributed by atoms with Gasteiger partial charge in [-0.3, -0.25) is 14.5 Å². The van der Waals surface area contributed by atoms with Crippen LogP contribution < -0.4 is 0 Å². The van der Waals surface area contributed by atoms with Crippen LogP contribution in [-0.2, 0) is 9.59 Å². The van der Waals surface area contributed by atoms with E-state index in [4.69, 9.17) is 0 Å². The molecule has 0 spiro atoms. The zero-order valence-corrected chi connectivity index (χ0v) is 11.3. The third kappa shape index (κ3) is 2.21. The fourth-order valence-electron chi connectivity index (χ4n) is 3.03. The quantitative estimate of drug-likeness (QED) is 0.759. The summed E-state index contributed by atoms with van der Waals surface area (Å²) >= 11 is 0. The normalized spacial score (nSPS) is 33.6. The summed E-state index contributed by atoms with van der Waals surface area (Å²) in [6, 6.07) is 0. The highest BCUT2D eigenvalue weighted by Gasteiger charge is 2.41. The van der Waals surface area contributed by atoms with E-state index in [2.05, 4.69) is 6.92 Å². The Morgan fingerprint density at radius 1 is 1.28 bits per heavy atom. The van der Waals surface area contributed by atoms with Gasteiger partial charge in [0, 0.05) is 11.1 Å². The highest BCUT2D eigenvalue weighted by molar-refractivity contribution is 6.18. The molecule has 0 bridgehead atoms. The number of β-amino-alcohol motifs (C(OH)–C–C–N with tert-alkyl or cyclic N) is 1. The lowest BCUT2D eigenvalue weighted by atomic mass is 9.78. The molecule has 0 aromatic rings. The lowest BCUT2D eigenvalue weighted by molar-refractivity contribution is -0.143. The average molecular weight is 251 g/mol. The van der Waals surface area contributed by atoms with Gasteiger partial charge in [-0.05, 0) is 32.6 Å². The molecular formula is C14H21NO3. The first-order valence-electron chi connectivity index (χ1n) is 6.60. The summed E-state index contributed by atoms with van der Waals surface area (Å²) in [5.74, 6) is -0.0417. The van der Waals surface area contributed by atoms with E-state index >= 15 is 0 Å². The Kier molecular flexibility index (Phi) is 3.32. The molecule has 1 aliphatic carbocycles. The summed E-state index contributed by atoms with van der Waals surface area (Å²) in [7, 11) is 0. The second kappa shape index (κ2) is 4.50. The van der Waals surface area contributed by atoms with E-state index in [-0.39, 0.29) is 18.4 Å². The molecule has 1 N–H and O–H groups in total. The minimum atomic E-state index is -0.895. The molecule has 0 saturated heterocycles. The molecule has 18 heavy (non-hydrogen) atoms. The van der Waals surface area contributed by atoms with Crippen molar-refractivity contribution in [3.8, 4) is 0 Å². The largest absolute Gasteiger partial charge is 0.388 e. The second-order valence-corrected chi connectivity index (χ2v) is 5.87. The molecule has 4 heteroatoms. The van der Waals surface area contributed by atoms with Crippen molar-refractivity contribution in [2.75, 3.05) is 6.54 Å². The van der Waals surface area contributed by atoms with Crippen LogP contribution in [0, 0.1) is 5.92 Å². The van der Waals surface area contributed by atoms with E-state index in [1.54, 1.807) is 13.8 Å². The molecule has 1 saturated carbocycles. The van der Waals surface area contributed by atoms with Crippen molar-refractivity contribution in [3.63, 3.8) is 0 Å². The Hall–Kier alpha value is -1.16. The maximum Gasteiger partial charge on any atom is 0.256 e. The lowest BCUT2D eigenvalue weighted by Crippen LogP contribution is -2.48. The molecular weight excluding hydrogens is 230 g/mol. The number of rotatable bonds is 2. The molecule has 1 aliphatic heterocycles. The van der Waals surface area contributed by atoms with Gasteiger partial charge in [-0.25, -0.2) is 0 Å². The zero-order chi connectivity index (χ0) is 13.5. The van der Waals surface area contributed by atoms with Crippen molar-refractivity contribution in [3.05, 3.63) is 11.1 Å². The van der Waals surface area contributed by atoms with Crippen LogP contribution >= 0.6 is 0 Å². The monoisotopic (exact) mass is 251 g/mol. The third-order valence-corrected chi connectivity index (χ3v) is 4.21. The Balaban J connectivity index is 2.11. The zero-order valence-electron chi connectivity index (χ0n) is 11.3. The molecule has 1 fully saturated rings. The molecule has 2 rings (SSSR count). The summed E-state index contributed by atoms with van der Waals surface area (Å²) in [6.45, 7) is 5.59. The molecule has 2 amide bonds. The van der Waals surface area contributed by atoms with Gasteiger partial charge in [0.25, 0.3) is 11.8 Å². The molecule has 1 heterocycles. The van der Waals surface area contributed by atoms with Gasteiger partial charge >= 0.3 is 0 Å². The Morgan fingerprint density at radius 2 is 1.83 bits per heavy atom. The van der Waals surface area contributed by atoms with Crippen LogP contribution in [-0.4, -0.2) is 34.0 Å². The smallest absolute Gasteiger partial charge is 0.256 e. The summed E-state index contributed by atoms with van der Waals surface area (Å²) in [4.78, 5) is 25.1. The number of nitrogens with zero attached hydrogens (tertiary/aromatic N) is 1. The SMILES string of the molecule is CC1=C(C)C(=O)N(CC2(O)CCCC(C)C2)C1=O. The van der Waals surface area contributed by atoms with E-state index < -0.39 is 5.60 Å². The van der Waals surface area contributed by atoms with Gasteiger partial charge in [0.2, 0.25) is 0 Å². The minimum absolute atomic E-state index is 0.143. The molecule has 0 aromatic heterocycles. The van der Waals surface area contributed by atoms with Gasteiger partial charge in [-0.1, -0.05) is 19.8 Å². The molecule has 2 aliphatic rings. The van der Waals surface area contributed by atoms with E-state index in [0.717, 1.165) is 12.8 Å². The summed E-state index contributed by atoms with van der Waals surface area (Å²) in [6.07, 6.45) is 3.41. The number of aliphatic hydroxyl groups is 1. The highest BCUT2D eigenvalue weighted by atomic mass is 16.3. The van der Waals surface area contributed by atoms with E-state index in [1.807, 2.05) is 0 Å². The molecule has 0 aromatic carbocycles. The molecule has 2 atom stereocenters. The van der Waals surface area contributed by atoms with Crippen molar-refractivity contribution in [2.45, 2.75) is 52.1 Å². The number of carbonyl (C=O) groups is 2. The first-order valence-corrected chi connectivity index (χ1v) is 6.60. The fraction of sp³-hybridized carbons (Fsp3) is 0.714. The van der Waals surface area contributed by atoms with E-state index in [9.17, 15) is 14.7 Å². The maximum atomic E-state index is 12.0. The van der Waals surface area contributed by atoms with Crippen molar-refractivity contribution in [2.24, 2.45) is 5.92 Å². The van der Waals surface area contributed by atoms with Crippen molar-refractivity contribution < 1.29 is 14.7 Å². The number of amides is 2. The third-order valence-electron chi connectivity index (χ3n) is 4.21. The predicted molar refractivity (Wildman–Crippen MR) is 67.7 cm³/mol. The van der Waals surface area contributed by atoms with Gasteiger partial charge < -0.3 is 5.11 Å². The molecule has 2 unspecified atom stereocenters. The lowest BCUT2D eigenvalue weighted by Gasteiger charge is -2.37. The molecule has 0 radical (unpaired) electrons. The maximum absolute atomic E-state index is 12.0. The van der Waals surface area contributed by atoms with Crippen LogP contribution in [0.2, 0.25) is 0 Å². The second-order valence-electron chi connectivity index (χ2n) is 5.87. The fourth-order valence-corrected chi connectivity index (χ4v) is 3.03.